The van der Waals surface area contributed by atoms with Gasteiger partial charge in [-0.1, -0.05) is 24.6 Å². The molecule has 1 saturated heterocycles. The first kappa shape index (κ1) is 16.5. The zero-order chi connectivity index (χ0) is 16.4. The fourth-order valence-electron chi connectivity index (χ4n) is 4.51. The summed E-state index contributed by atoms with van der Waals surface area (Å²) in [6.07, 6.45) is 6.74. The van der Waals surface area contributed by atoms with Crippen molar-refractivity contribution in [2.24, 2.45) is 17.6 Å². The van der Waals surface area contributed by atoms with Crippen LogP contribution in [0.4, 0.5) is 0 Å². The third kappa shape index (κ3) is 3.16. The van der Waals surface area contributed by atoms with Crippen molar-refractivity contribution in [1.29, 1.82) is 0 Å². The lowest BCUT2D eigenvalue weighted by Gasteiger charge is -2.39. The van der Waals surface area contributed by atoms with Crippen molar-refractivity contribution in [1.82, 2.24) is 4.90 Å². The molecule has 126 valence electrons. The summed E-state index contributed by atoms with van der Waals surface area (Å²) in [6, 6.07) is 6.77. The van der Waals surface area contributed by atoms with Crippen LogP contribution in [0.3, 0.4) is 0 Å². The van der Waals surface area contributed by atoms with Gasteiger partial charge in [-0.15, -0.1) is 0 Å². The van der Waals surface area contributed by atoms with Gasteiger partial charge in [0.05, 0.1) is 6.04 Å². The lowest BCUT2D eigenvalue weighted by molar-refractivity contribution is -0.140. The first-order valence-electron chi connectivity index (χ1n) is 9.20. The fraction of sp³-hybridized carbons (Fsp3) is 0.650. The minimum atomic E-state index is 0.158. The Labute approximate surface area is 140 Å². The zero-order valence-corrected chi connectivity index (χ0v) is 14.6. The average molecular weight is 314 g/mol. The molecule has 0 aromatic heterocycles. The summed E-state index contributed by atoms with van der Waals surface area (Å²) in [6.45, 7) is 5.92. The number of hydrogen-bond donors (Lipinski definition) is 1. The fourth-order valence-corrected chi connectivity index (χ4v) is 4.51. The highest BCUT2D eigenvalue weighted by Crippen LogP contribution is 2.38. The highest BCUT2D eigenvalue weighted by Gasteiger charge is 2.38. The summed E-state index contributed by atoms with van der Waals surface area (Å²) in [5.74, 6) is 0.915. The van der Waals surface area contributed by atoms with Gasteiger partial charge in [-0.3, -0.25) is 4.79 Å². The number of likely N-dealkylation sites (tertiary alicyclic amines) is 1. The number of rotatable bonds is 3. The average Bonchev–Trinajstić information content (AvgIpc) is 3.05. The number of carbonyl (C=O) groups is 1. The predicted molar refractivity (Wildman–Crippen MR) is 94.1 cm³/mol. The molecule has 1 aromatic carbocycles. The van der Waals surface area contributed by atoms with Gasteiger partial charge >= 0.3 is 0 Å². The number of nitrogens with two attached hydrogens (primary N) is 1. The van der Waals surface area contributed by atoms with Crippen LogP contribution < -0.4 is 5.73 Å². The number of hydrogen-bond acceptors (Lipinski definition) is 2. The molecule has 23 heavy (non-hydrogen) atoms. The predicted octanol–water partition coefficient (Wildman–Crippen LogP) is 3.73. The van der Waals surface area contributed by atoms with Gasteiger partial charge in [0.2, 0.25) is 5.91 Å². The first-order valence-corrected chi connectivity index (χ1v) is 9.20. The van der Waals surface area contributed by atoms with Crippen LogP contribution >= 0.6 is 0 Å². The third-order valence-electron chi connectivity index (χ3n) is 6.07. The van der Waals surface area contributed by atoms with E-state index in [1.165, 1.54) is 23.1 Å². The smallest absolute Gasteiger partial charge is 0.226 e. The molecule has 1 aromatic rings. The van der Waals surface area contributed by atoms with Gasteiger partial charge < -0.3 is 10.6 Å². The van der Waals surface area contributed by atoms with E-state index in [4.69, 9.17) is 5.73 Å². The molecular weight excluding hydrogens is 284 g/mol. The molecule has 0 spiro atoms. The van der Waals surface area contributed by atoms with E-state index in [0.717, 1.165) is 38.6 Å². The number of carbonyl (C=O) groups excluding carboxylic acids is 1. The quantitative estimate of drug-likeness (QED) is 0.924. The maximum atomic E-state index is 13.2. The summed E-state index contributed by atoms with van der Waals surface area (Å²) in [4.78, 5) is 15.4. The van der Waals surface area contributed by atoms with E-state index in [2.05, 4.69) is 36.9 Å². The normalized spacial score (nSPS) is 28.1. The lowest BCUT2D eigenvalue weighted by atomic mass is 9.87. The molecule has 3 atom stereocenters. The van der Waals surface area contributed by atoms with E-state index < -0.39 is 0 Å². The van der Waals surface area contributed by atoms with Crippen LogP contribution in [0.25, 0.3) is 0 Å². The van der Waals surface area contributed by atoms with Gasteiger partial charge in [-0.2, -0.15) is 0 Å². The van der Waals surface area contributed by atoms with E-state index in [9.17, 15) is 4.79 Å². The van der Waals surface area contributed by atoms with E-state index in [1.54, 1.807) is 0 Å². The Morgan fingerprint density at radius 3 is 2.78 bits per heavy atom. The summed E-state index contributed by atoms with van der Waals surface area (Å²) in [5, 5.41) is 0. The molecule has 1 aliphatic carbocycles. The van der Waals surface area contributed by atoms with Crippen LogP contribution in [0.2, 0.25) is 0 Å². The minimum absolute atomic E-state index is 0.158. The number of benzene rings is 1. The minimum Gasteiger partial charge on any atom is -0.335 e. The Hall–Kier alpha value is -1.35. The van der Waals surface area contributed by atoms with Crippen molar-refractivity contribution in [3.05, 3.63) is 34.9 Å². The number of piperidine rings is 1. The van der Waals surface area contributed by atoms with Gasteiger partial charge in [0.15, 0.2) is 0 Å². The molecule has 2 aliphatic rings. The maximum Gasteiger partial charge on any atom is 0.226 e. The van der Waals surface area contributed by atoms with Crippen molar-refractivity contribution >= 4 is 5.91 Å². The van der Waals surface area contributed by atoms with Crippen LogP contribution in [-0.2, 0) is 4.79 Å². The molecule has 1 heterocycles. The van der Waals surface area contributed by atoms with E-state index in [-0.39, 0.29) is 12.0 Å². The summed E-state index contributed by atoms with van der Waals surface area (Å²) in [5.41, 5.74) is 9.92. The second kappa shape index (κ2) is 7.04. The third-order valence-corrected chi connectivity index (χ3v) is 6.07. The van der Waals surface area contributed by atoms with Gasteiger partial charge in [0.1, 0.15) is 0 Å². The molecular formula is C20H30N2O. The number of aryl methyl sites for hydroxylation is 1. The Morgan fingerprint density at radius 1 is 1.17 bits per heavy atom. The van der Waals surface area contributed by atoms with Crippen LogP contribution in [0.5, 0.6) is 0 Å². The Bertz CT molecular complexity index is 569. The molecule has 1 unspecified atom stereocenters. The van der Waals surface area contributed by atoms with Crippen molar-refractivity contribution in [2.45, 2.75) is 58.4 Å². The summed E-state index contributed by atoms with van der Waals surface area (Å²) < 4.78 is 0. The Morgan fingerprint density at radius 2 is 2.00 bits per heavy atom. The van der Waals surface area contributed by atoms with E-state index in [0.29, 0.717) is 18.4 Å². The molecule has 1 amide bonds. The second-order valence-corrected chi connectivity index (χ2v) is 7.37. The van der Waals surface area contributed by atoms with Crippen molar-refractivity contribution in [3.8, 4) is 0 Å². The largest absolute Gasteiger partial charge is 0.335 e. The van der Waals surface area contributed by atoms with Gasteiger partial charge in [0.25, 0.3) is 0 Å². The molecule has 2 N–H and O–H groups in total. The molecule has 1 aliphatic heterocycles. The standard InChI is InChI=1S/C20H30N2O/c1-14-7-5-9-17(15(14)2)19-11-3-4-12-22(19)20(23)18-10-6-8-16(18)13-21/h5,7,9,16,18-19H,3-4,6,8,10-13,21H2,1-2H3/t16-,18-,19?/m1/s1. The van der Waals surface area contributed by atoms with Crippen LogP contribution in [0.1, 0.15) is 61.3 Å². The maximum absolute atomic E-state index is 13.2. The number of nitrogens with zero attached hydrogens (tertiary/aromatic N) is 1. The molecule has 0 bridgehead atoms. The number of amides is 1. The first-order chi connectivity index (χ1) is 11.1. The highest BCUT2D eigenvalue weighted by molar-refractivity contribution is 5.80. The van der Waals surface area contributed by atoms with Gasteiger partial charge in [-0.05, 0) is 75.1 Å². The molecule has 3 nitrogen and oxygen atoms in total. The molecule has 1 saturated carbocycles. The Balaban J connectivity index is 1.87. The van der Waals surface area contributed by atoms with Gasteiger partial charge in [0, 0.05) is 12.5 Å². The van der Waals surface area contributed by atoms with Gasteiger partial charge in [-0.25, -0.2) is 0 Å². The summed E-state index contributed by atoms with van der Waals surface area (Å²) >= 11 is 0. The highest BCUT2D eigenvalue weighted by atomic mass is 16.2. The van der Waals surface area contributed by atoms with Crippen molar-refractivity contribution in [2.75, 3.05) is 13.1 Å². The van der Waals surface area contributed by atoms with E-state index in [1.807, 2.05) is 0 Å². The van der Waals surface area contributed by atoms with Crippen molar-refractivity contribution in [3.63, 3.8) is 0 Å². The van der Waals surface area contributed by atoms with Crippen LogP contribution in [0, 0.1) is 25.7 Å². The van der Waals surface area contributed by atoms with Crippen LogP contribution in [0.15, 0.2) is 18.2 Å². The van der Waals surface area contributed by atoms with Crippen molar-refractivity contribution < 1.29 is 4.79 Å². The topological polar surface area (TPSA) is 46.3 Å². The monoisotopic (exact) mass is 314 g/mol. The second-order valence-electron chi connectivity index (χ2n) is 7.37. The molecule has 2 fully saturated rings. The summed E-state index contributed by atoms with van der Waals surface area (Å²) in [7, 11) is 0. The Kier molecular flexibility index (Phi) is 5.05. The van der Waals surface area contributed by atoms with E-state index >= 15 is 0 Å². The molecule has 3 heteroatoms. The lowest BCUT2D eigenvalue weighted by Crippen LogP contribution is -2.43. The SMILES string of the molecule is Cc1cccc(C2CCCCN2C(=O)[C@@H]2CCC[C@@H]2CN)c1C. The molecule has 0 radical (unpaired) electrons. The zero-order valence-electron chi connectivity index (χ0n) is 14.6. The van der Waals surface area contributed by atoms with Crippen LogP contribution in [-0.4, -0.2) is 23.9 Å². The molecule has 3 rings (SSSR count).